The minimum Gasteiger partial charge on any atom is -0.357 e. The number of amides is 1. The van der Waals surface area contributed by atoms with Crippen LogP contribution >= 0.6 is 12.2 Å². The Morgan fingerprint density at radius 3 is 2.94 bits per heavy atom. The molecule has 1 atom stereocenters. The molecule has 4 nitrogen and oxygen atoms in total. The van der Waals surface area contributed by atoms with Gasteiger partial charge in [0.15, 0.2) is 4.77 Å². The minimum atomic E-state index is -0.557. The van der Waals surface area contributed by atoms with Crippen LogP contribution in [0.1, 0.15) is 13.0 Å². The maximum Gasteiger partial charge on any atom is 0.242 e. The summed E-state index contributed by atoms with van der Waals surface area (Å²) in [5, 5.41) is 2.52. The summed E-state index contributed by atoms with van der Waals surface area (Å²) in [5.41, 5.74) is 0.916. The number of aromatic nitrogens is 2. The molecule has 0 spiro atoms. The summed E-state index contributed by atoms with van der Waals surface area (Å²) in [4.78, 5) is 14.5. The highest BCUT2D eigenvalue weighted by Gasteiger charge is 2.19. The Morgan fingerprint density at radius 1 is 1.59 bits per heavy atom. The van der Waals surface area contributed by atoms with Gasteiger partial charge in [-0.05, 0) is 31.3 Å². The summed E-state index contributed by atoms with van der Waals surface area (Å²) >= 11 is 5.12. The molecule has 2 aromatic rings. The number of fused-ring (bicyclic) bond motifs is 1. The van der Waals surface area contributed by atoms with Crippen LogP contribution in [0.3, 0.4) is 0 Å². The van der Waals surface area contributed by atoms with Gasteiger partial charge in [0.05, 0.1) is 5.52 Å². The van der Waals surface area contributed by atoms with Gasteiger partial charge in [0.1, 0.15) is 17.4 Å². The molecule has 0 fully saturated rings. The van der Waals surface area contributed by atoms with E-state index in [4.69, 9.17) is 12.2 Å². The first-order valence-corrected chi connectivity index (χ1v) is 5.57. The van der Waals surface area contributed by atoms with Crippen molar-refractivity contribution in [3.63, 3.8) is 0 Å². The van der Waals surface area contributed by atoms with Crippen LogP contribution in [0.4, 0.5) is 4.39 Å². The highest BCUT2D eigenvalue weighted by Crippen LogP contribution is 2.21. The molecule has 0 bridgehead atoms. The molecule has 2 N–H and O–H groups in total. The van der Waals surface area contributed by atoms with Gasteiger partial charge in [0.25, 0.3) is 0 Å². The number of hydrogen-bond acceptors (Lipinski definition) is 2. The number of carbonyl (C=O) groups is 1. The van der Waals surface area contributed by atoms with Gasteiger partial charge >= 0.3 is 0 Å². The number of hydrogen-bond donors (Lipinski definition) is 2. The first-order chi connectivity index (χ1) is 8.06. The number of halogens is 1. The Kier molecular flexibility index (Phi) is 2.97. The molecule has 1 aromatic heterocycles. The van der Waals surface area contributed by atoms with E-state index >= 15 is 0 Å². The number of carbonyl (C=O) groups excluding carboxylic acids is 1. The summed E-state index contributed by atoms with van der Waals surface area (Å²) in [6.45, 7) is 1.67. The fraction of sp³-hybridized carbons (Fsp3) is 0.273. The van der Waals surface area contributed by atoms with E-state index in [2.05, 4.69) is 10.3 Å². The number of benzene rings is 1. The van der Waals surface area contributed by atoms with Crippen LogP contribution in [-0.4, -0.2) is 22.5 Å². The topological polar surface area (TPSA) is 49.8 Å². The Balaban J connectivity index is 2.72. The first-order valence-electron chi connectivity index (χ1n) is 5.16. The lowest BCUT2D eigenvalue weighted by molar-refractivity contribution is -0.123. The summed E-state index contributed by atoms with van der Waals surface area (Å²) in [6, 6.07) is 4.11. The average Bonchev–Trinajstić information content (AvgIpc) is 2.65. The van der Waals surface area contributed by atoms with E-state index in [-0.39, 0.29) is 5.91 Å². The Bertz CT molecular complexity index is 631. The molecule has 0 aliphatic heterocycles. The predicted molar refractivity (Wildman–Crippen MR) is 65.9 cm³/mol. The number of likely N-dealkylation sites (N-methyl/N-ethyl adjacent to an activating group) is 1. The van der Waals surface area contributed by atoms with Crippen molar-refractivity contribution < 1.29 is 9.18 Å². The molecule has 1 heterocycles. The van der Waals surface area contributed by atoms with E-state index in [9.17, 15) is 9.18 Å². The second kappa shape index (κ2) is 4.29. The SMILES string of the molecule is CNC(=O)C(C)n1c(=S)[nH]c2cccc(F)c21. The van der Waals surface area contributed by atoms with E-state index in [1.54, 1.807) is 19.1 Å². The summed E-state index contributed by atoms with van der Waals surface area (Å²) < 4.78 is 15.6. The fourth-order valence-electron chi connectivity index (χ4n) is 1.83. The zero-order valence-electron chi connectivity index (χ0n) is 9.45. The maximum atomic E-state index is 13.8. The van der Waals surface area contributed by atoms with Crippen molar-refractivity contribution in [1.82, 2.24) is 14.9 Å². The standard InChI is InChI=1S/C11H12FN3OS/c1-6(10(16)13-2)15-9-7(12)4-3-5-8(9)14-11(15)17/h3-6H,1-2H3,(H,13,16)(H,14,17). The lowest BCUT2D eigenvalue weighted by Gasteiger charge is -2.12. The fourth-order valence-corrected chi connectivity index (χ4v) is 2.19. The van der Waals surface area contributed by atoms with Crippen molar-refractivity contribution in [3.8, 4) is 0 Å². The van der Waals surface area contributed by atoms with Crippen molar-refractivity contribution in [2.45, 2.75) is 13.0 Å². The van der Waals surface area contributed by atoms with Gasteiger partial charge in [0, 0.05) is 7.05 Å². The van der Waals surface area contributed by atoms with Crippen LogP contribution < -0.4 is 5.32 Å². The molecule has 0 saturated heterocycles. The molecule has 0 aliphatic rings. The largest absolute Gasteiger partial charge is 0.357 e. The maximum absolute atomic E-state index is 13.8. The van der Waals surface area contributed by atoms with Crippen LogP contribution in [0.25, 0.3) is 11.0 Å². The van der Waals surface area contributed by atoms with E-state index < -0.39 is 11.9 Å². The van der Waals surface area contributed by atoms with Crippen LogP contribution in [0.2, 0.25) is 0 Å². The van der Waals surface area contributed by atoms with Crippen LogP contribution in [0, 0.1) is 10.6 Å². The van der Waals surface area contributed by atoms with E-state index in [1.807, 2.05) is 0 Å². The number of aromatic amines is 1. The van der Waals surface area contributed by atoms with Crippen LogP contribution in [0.15, 0.2) is 18.2 Å². The molecule has 6 heteroatoms. The van der Waals surface area contributed by atoms with Crippen molar-refractivity contribution in [1.29, 1.82) is 0 Å². The monoisotopic (exact) mass is 253 g/mol. The molecule has 2 rings (SSSR count). The second-order valence-electron chi connectivity index (χ2n) is 3.73. The van der Waals surface area contributed by atoms with Gasteiger partial charge in [-0.15, -0.1) is 0 Å². The number of rotatable bonds is 2. The molecular weight excluding hydrogens is 241 g/mol. The molecule has 1 unspecified atom stereocenters. The zero-order valence-corrected chi connectivity index (χ0v) is 10.3. The molecular formula is C11H12FN3OS. The smallest absolute Gasteiger partial charge is 0.242 e. The third kappa shape index (κ3) is 1.84. The van der Waals surface area contributed by atoms with Gasteiger partial charge in [-0.1, -0.05) is 6.07 Å². The molecule has 17 heavy (non-hydrogen) atoms. The zero-order chi connectivity index (χ0) is 12.6. The number of imidazole rings is 1. The summed E-state index contributed by atoms with van der Waals surface area (Å²) in [7, 11) is 1.54. The van der Waals surface area contributed by atoms with E-state index in [0.29, 0.717) is 15.8 Å². The van der Waals surface area contributed by atoms with Crippen LogP contribution in [-0.2, 0) is 4.79 Å². The molecule has 90 valence electrons. The van der Waals surface area contributed by atoms with Crippen molar-refractivity contribution in [2.75, 3.05) is 7.05 Å². The van der Waals surface area contributed by atoms with Gasteiger partial charge in [-0.25, -0.2) is 4.39 Å². The van der Waals surface area contributed by atoms with E-state index in [1.165, 1.54) is 17.7 Å². The normalized spacial score (nSPS) is 12.6. The third-order valence-corrected chi connectivity index (χ3v) is 3.00. The lowest BCUT2D eigenvalue weighted by atomic mass is 10.2. The molecule has 1 aromatic carbocycles. The van der Waals surface area contributed by atoms with Crippen LogP contribution in [0.5, 0.6) is 0 Å². The van der Waals surface area contributed by atoms with Gasteiger partial charge in [0.2, 0.25) is 5.91 Å². The Hall–Kier alpha value is -1.69. The summed E-state index contributed by atoms with van der Waals surface area (Å²) in [5.74, 6) is -0.615. The average molecular weight is 253 g/mol. The second-order valence-corrected chi connectivity index (χ2v) is 4.11. The van der Waals surface area contributed by atoms with Gasteiger partial charge in [-0.3, -0.25) is 4.79 Å². The van der Waals surface area contributed by atoms with Gasteiger partial charge < -0.3 is 14.9 Å². The highest BCUT2D eigenvalue weighted by molar-refractivity contribution is 7.71. The number of nitrogens with one attached hydrogen (secondary N) is 2. The molecule has 0 saturated carbocycles. The molecule has 0 radical (unpaired) electrons. The summed E-state index contributed by atoms with van der Waals surface area (Å²) in [6.07, 6.45) is 0. The van der Waals surface area contributed by atoms with Gasteiger partial charge in [-0.2, -0.15) is 0 Å². The van der Waals surface area contributed by atoms with Crippen molar-refractivity contribution in [2.24, 2.45) is 0 Å². The Labute approximate surface area is 102 Å². The van der Waals surface area contributed by atoms with E-state index in [0.717, 1.165) is 0 Å². The third-order valence-electron chi connectivity index (χ3n) is 2.70. The number of nitrogens with zero attached hydrogens (tertiary/aromatic N) is 1. The Morgan fingerprint density at radius 2 is 2.29 bits per heavy atom. The molecule has 0 aliphatic carbocycles. The van der Waals surface area contributed by atoms with Crippen molar-refractivity contribution in [3.05, 3.63) is 28.8 Å². The first kappa shape index (κ1) is 11.8. The lowest BCUT2D eigenvalue weighted by Crippen LogP contribution is -2.28. The molecule has 1 amide bonds. The predicted octanol–water partition coefficient (Wildman–Crippen LogP) is 2.14. The quantitative estimate of drug-likeness (QED) is 0.806. The van der Waals surface area contributed by atoms with Crippen molar-refractivity contribution >= 4 is 29.2 Å². The highest BCUT2D eigenvalue weighted by atomic mass is 32.1. The number of H-pyrrole nitrogens is 1. The minimum absolute atomic E-state index is 0.217. The number of para-hydroxylation sites is 1.